The molecule has 1 fully saturated rings. The van der Waals surface area contributed by atoms with Gasteiger partial charge in [-0.1, -0.05) is 6.07 Å². The number of nitrogens with zero attached hydrogens (tertiary/aromatic N) is 4. The molecule has 0 radical (unpaired) electrons. The van der Waals surface area contributed by atoms with Gasteiger partial charge in [0.05, 0.1) is 12.6 Å². The van der Waals surface area contributed by atoms with Crippen molar-refractivity contribution in [3.63, 3.8) is 0 Å². The maximum absolute atomic E-state index is 12.5. The van der Waals surface area contributed by atoms with Gasteiger partial charge in [-0.15, -0.1) is 5.10 Å². The minimum Gasteiger partial charge on any atom is -0.497 e. The summed E-state index contributed by atoms with van der Waals surface area (Å²) in [4.78, 5) is 22.1. The summed E-state index contributed by atoms with van der Waals surface area (Å²) in [5, 5.41) is 11.9. The molecule has 0 unspecified atom stereocenters. The molecule has 31 heavy (non-hydrogen) atoms. The normalized spacial score (nSPS) is 16.8. The van der Waals surface area contributed by atoms with Crippen molar-refractivity contribution in [1.82, 2.24) is 24.9 Å². The van der Waals surface area contributed by atoms with E-state index in [0.29, 0.717) is 24.0 Å². The number of aryl methyl sites for hydroxylation is 1. The van der Waals surface area contributed by atoms with Crippen molar-refractivity contribution in [1.29, 1.82) is 0 Å². The molecule has 2 aromatic carbocycles. The van der Waals surface area contributed by atoms with E-state index in [4.69, 9.17) is 19.8 Å². The van der Waals surface area contributed by atoms with E-state index in [1.807, 2.05) is 49.4 Å². The molecule has 0 bridgehead atoms. The summed E-state index contributed by atoms with van der Waals surface area (Å²) in [6.07, 6.45) is 2.70. The molecule has 0 spiro atoms. The second-order valence-electron chi connectivity index (χ2n) is 7.84. The lowest BCUT2D eigenvalue weighted by molar-refractivity contribution is -0.121. The van der Waals surface area contributed by atoms with Gasteiger partial charge in [-0.05, 0) is 68.1 Å². The predicted molar refractivity (Wildman–Crippen MR) is 119 cm³/mol. The molecule has 2 N–H and O–H groups in total. The molecule has 8 nitrogen and oxygen atoms in total. The fourth-order valence-corrected chi connectivity index (χ4v) is 3.91. The van der Waals surface area contributed by atoms with Crippen LogP contribution in [0.25, 0.3) is 27.9 Å². The number of carbonyl (C=O) groups is 1. The first-order valence-corrected chi connectivity index (χ1v) is 10.5. The Morgan fingerprint density at radius 1 is 1.13 bits per heavy atom. The number of benzene rings is 2. The van der Waals surface area contributed by atoms with Crippen molar-refractivity contribution in [3.8, 4) is 17.1 Å². The van der Waals surface area contributed by atoms with E-state index >= 15 is 0 Å². The number of ether oxygens (including phenoxy) is 1. The van der Waals surface area contributed by atoms with Crippen LogP contribution in [0.2, 0.25) is 0 Å². The maximum atomic E-state index is 12.5. The van der Waals surface area contributed by atoms with E-state index in [1.165, 1.54) is 0 Å². The molecule has 1 saturated heterocycles. The second-order valence-corrected chi connectivity index (χ2v) is 7.84. The van der Waals surface area contributed by atoms with Crippen molar-refractivity contribution < 1.29 is 9.53 Å². The molecular formula is C23H24N6O2. The van der Waals surface area contributed by atoms with E-state index in [9.17, 15) is 4.79 Å². The summed E-state index contributed by atoms with van der Waals surface area (Å²) in [7, 11) is 1.64. The van der Waals surface area contributed by atoms with Crippen molar-refractivity contribution in [2.75, 3.05) is 19.0 Å². The highest BCUT2D eigenvalue weighted by atomic mass is 16.5. The van der Waals surface area contributed by atoms with Gasteiger partial charge in [0.2, 0.25) is 11.9 Å². The van der Waals surface area contributed by atoms with Crippen molar-refractivity contribution >= 4 is 28.4 Å². The minimum atomic E-state index is -0.353. The number of fused-ring (bicyclic) bond motifs is 3. The van der Waals surface area contributed by atoms with Gasteiger partial charge in [0.1, 0.15) is 11.8 Å². The van der Waals surface area contributed by atoms with E-state index in [0.717, 1.165) is 47.0 Å². The highest BCUT2D eigenvalue weighted by molar-refractivity contribution is 5.93. The largest absolute Gasteiger partial charge is 0.497 e. The highest BCUT2D eigenvalue weighted by Gasteiger charge is 2.23. The van der Waals surface area contributed by atoms with Crippen LogP contribution in [0.5, 0.6) is 5.75 Å². The minimum absolute atomic E-state index is 0.00715. The third kappa shape index (κ3) is 3.65. The van der Waals surface area contributed by atoms with Gasteiger partial charge in [-0.3, -0.25) is 4.79 Å². The molecule has 1 atom stereocenters. The second kappa shape index (κ2) is 7.86. The topological polar surface area (TPSA) is 93.4 Å². The third-order valence-electron chi connectivity index (χ3n) is 5.62. The number of amides is 1. The number of carbonyl (C=O) groups excluding carboxylic acids is 1. The molecule has 8 heteroatoms. The fraction of sp³-hybridized carbons (Fsp3) is 0.304. The molecule has 0 aliphatic carbocycles. The lowest BCUT2D eigenvalue weighted by Gasteiger charge is -2.16. The Balaban J connectivity index is 1.65. The van der Waals surface area contributed by atoms with Gasteiger partial charge in [-0.25, -0.2) is 9.97 Å². The molecule has 3 heterocycles. The maximum Gasteiger partial charge on any atom is 0.242 e. The first-order chi connectivity index (χ1) is 15.1. The zero-order valence-electron chi connectivity index (χ0n) is 17.6. The summed E-state index contributed by atoms with van der Waals surface area (Å²) >= 11 is 0. The van der Waals surface area contributed by atoms with E-state index in [-0.39, 0.29) is 11.9 Å². The lowest BCUT2D eigenvalue weighted by atomic mass is 10.1. The monoisotopic (exact) mass is 416 g/mol. The number of anilines is 1. The van der Waals surface area contributed by atoms with Crippen molar-refractivity contribution in [3.05, 3.63) is 48.0 Å². The molecule has 1 amide bonds. The van der Waals surface area contributed by atoms with Gasteiger partial charge < -0.3 is 15.4 Å². The van der Waals surface area contributed by atoms with Crippen molar-refractivity contribution in [2.45, 2.75) is 32.2 Å². The van der Waals surface area contributed by atoms with E-state index in [2.05, 4.69) is 10.6 Å². The van der Waals surface area contributed by atoms with Crippen LogP contribution in [0.4, 0.5) is 5.95 Å². The van der Waals surface area contributed by atoms with Crippen LogP contribution < -0.4 is 15.4 Å². The first kappa shape index (κ1) is 19.3. The molecule has 1 aliphatic rings. The van der Waals surface area contributed by atoms with E-state index in [1.54, 1.807) is 11.6 Å². The van der Waals surface area contributed by atoms with Crippen LogP contribution in [0, 0.1) is 6.92 Å². The number of aromatic nitrogens is 4. The molecule has 158 valence electrons. The number of nitrogens with one attached hydrogen (secondary N) is 2. The Hall–Kier alpha value is -3.68. The average Bonchev–Trinajstić information content (AvgIpc) is 3.13. The Labute approximate surface area is 179 Å². The summed E-state index contributed by atoms with van der Waals surface area (Å²) in [5.74, 6) is 1.87. The Morgan fingerprint density at radius 3 is 2.77 bits per heavy atom. The SMILES string of the molecule is COc1ccc(-c2nc3c4ccc(C)cc4nc(N[C@@H]4CCCCNC4=O)n3n2)cc1. The van der Waals surface area contributed by atoms with Crippen LogP contribution in [-0.4, -0.2) is 45.2 Å². The molecule has 0 saturated carbocycles. The van der Waals surface area contributed by atoms with Crippen LogP contribution >= 0.6 is 0 Å². The summed E-state index contributed by atoms with van der Waals surface area (Å²) in [5.41, 5.74) is 3.50. The number of rotatable bonds is 4. The fourth-order valence-electron chi connectivity index (χ4n) is 3.91. The van der Waals surface area contributed by atoms with Gasteiger partial charge in [0.25, 0.3) is 0 Å². The first-order valence-electron chi connectivity index (χ1n) is 10.5. The molecule has 2 aromatic heterocycles. The van der Waals surface area contributed by atoms with Crippen LogP contribution in [0.15, 0.2) is 42.5 Å². The molecule has 5 rings (SSSR count). The van der Waals surface area contributed by atoms with Crippen LogP contribution in [0.1, 0.15) is 24.8 Å². The van der Waals surface area contributed by atoms with Gasteiger partial charge >= 0.3 is 0 Å². The summed E-state index contributed by atoms with van der Waals surface area (Å²) in [6.45, 7) is 2.74. The third-order valence-corrected chi connectivity index (χ3v) is 5.62. The Morgan fingerprint density at radius 2 is 1.97 bits per heavy atom. The highest BCUT2D eigenvalue weighted by Crippen LogP contribution is 2.26. The van der Waals surface area contributed by atoms with E-state index < -0.39 is 0 Å². The van der Waals surface area contributed by atoms with Gasteiger partial charge in [0, 0.05) is 17.5 Å². The molecule has 1 aliphatic heterocycles. The van der Waals surface area contributed by atoms with Gasteiger partial charge in [-0.2, -0.15) is 4.52 Å². The standard InChI is InChI=1S/C23H24N6O2/c1-14-6-11-17-19(13-14)26-23(25-18-5-3-4-12-24-22(18)30)29-21(17)27-20(28-29)15-7-9-16(31-2)10-8-15/h6-11,13,18H,3-5,12H2,1-2H3,(H,24,30)(H,25,26)/t18-/m1/s1. The summed E-state index contributed by atoms with van der Waals surface area (Å²) in [6, 6.07) is 13.4. The number of hydrogen-bond acceptors (Lipinski definition) is 6. The number of hydrogen-bond donors (Lipinski definition) is 2. The molecule has 4 aromatic rings. The van der Waals surface area contributed by atoms with Crippen molar-refractivity contribution in [2.24, 2.45) is 0 Å². The van der Waals surface area contributed by atoms with Crippen LogP contribution in [-0.2, 0) is 4.79 Å². The molecular weight excluding hydrogens is 392 g/mol. The number of methoxy groups -OCH3 is 1. The predicted octanol–water partition coefficient (Wildman–Crippen LogP) is 3.34. The zero-order valence-corrected chi connectivity index (χ0v) is 17.6. The van der Waals surface area contributed by atoms with Gasteiger partial charge in [0.15, 0.2) is 11.5 Å². The average molecular weight is 416 g/mol. The Bertz CT molecular complexity index is 1260. The lowest BCUT2D eigenvalue weighted by Crippen LogP contribution is -2.38. The summed E-state index contributed by atoms with van der Waals surface area (Å²) < 4.78 is 6.96. The smallest absolute Gasteiger partial charge is 0.242 e. The zero-order chi connectivity index (χ0) is 21.4. The van der Waals surface area contributed by atoms with Crippen LogP contribution in [0.3, 0.4) is 0 Å². The Kier molecular flexibility index (Phi) is 4.89. The quantitative estimate of drug-likeness (QED) is 0.530.